The van der Waals surface area contributed by atoms with Crippen LogP contribution in [-0.4, -0.2) is 18.3 Å². The van der Waals surface area contributed by atoms with Gasteiger partial charge in [-0.05, 0) is 18.9 Å². The van der Waals surface area contributed by atoms with Crippen LogP contribution in [0.3, 0.4) is 0 Å². The zero-order valence-corrected chi connectivity index (χ0v) is 9.96. The van der Waals surface area contributed by atoms with Crippen LogP contribution in [0, 0.1) is 5.41 Å². The SMILES string of the molecule is CCOC(=O)CCC1=CN=C1C(C)(C)C. The van der Waals surface area contributed by atoms with Gasteiger partial charge < -0.3 is 4.74 Å². The average Bonchev–Trinajstić information content (AvgIpc) is 1.99. The first-order chi connectivity index (χ1) is 6.95. The zero-order chi connectivity index (χ0) is 11.5. The van der Waals surface area contributed by atoms with Crippen molar-refractivity contribution in [3.63, 3.8) is 0 Å². The largest absolute Gasteiger partial charge is 0.466 e. The van der Waals surface area contributed by atoms with Crippen molar-refractivity contribution in [2.75, 3.05) is 6.61 Å². The number of ether oxygens (including phenoxy) is 1. The second-order valence-corrected chi connectivity index (χ2v) is 4.69. The summed E-state index contributed by atoms with van der Waals surface area (Å²) in [5, 5.41) is 0. The van der Waals surface area contributed by atoms with Gasteiger partial charge in [0.05, 0.1) is 12.3 Å². The molecule has 0 unspecified atom stereocenters. The van der Waals surface area contributed by atoms with E-state index in [0.29, 0.717) is 13.0 Å². The highest BCUT2D eigenvalue weighted by atomic mass is 16.5. The van der Waals surface area contributed by atoms with Crippen molar-refractivity contribution in [3.8, 4) is 0 Å². The number of rotatable bonds is 4. The highest BCUT2D eigenvalue weighted by molar-refractivity contribution is 6.08. The van der Waals surface area contributed by atoms with E-state index in [-0.39, 0.29) is 11.4 Å². The van der Waals surface area contributed by atoms with E-state index in [0.717, 1.165) is 12.1 Å². The van der Waals surface area contributed by atoms with Gasteiger partial charge in [0, 0.05) is 18.0 Å². The lowest BCUT2D eigenvalue weighted by Crippen LogP contribution is -2.26. The van der Waals surface area contributed by atoms with Crippen molar-refractivity contribution >= 4 is 11.7 Å². The highest BCUT2D eigenvalue weighted by Gasteiger charge is 2.26. The molecule has 0 spiro atoms. The first kappa shape index (κ1) is 12.0. The van der Waals surface area contributed by atoms with E-state index in [1.165, 1.54) is 5.57 Å². The molecule has 0 fully saturated rings. The standard InChI is InChI=1S/C12H19NO2/c1-5-15-10(14)7-6-9-8-13-11(9)12(2,3)4/h8H,5-7H2,1-4H3. The topological polar surface area (TPSA) is 38.7 Å². The number of nitrogens with zero attached hydrogens (tertiary/aromatic N) is 1. The maximum atomic E-state index is 11.2. The van der Waals surface area contributed by atoms with Gasteiger partial charge in [-0.25, -0.2) is 0 Å². The zero-order valence-electron chi connectivity index (χ0n) is 9.96. The maximum absolute atomic E-state index is 11.2. The summed E-state index contributed by atoms with van der Waals surface area (Å²) < 4.78 is 4.88. The second kappa shape index (κ2) is 4.60. The summed E-state index contributed by atoms with van der Waals surface area (Å²) >= 11 is 0. The molecule has 1 heterocycles. The van der Waals surface area contributed by atoms with Gasteiger partial charge in [0.1, 0.15) is 0 Å². The van der Waals surface area contributed by atoms with E-state index in [9.17, 15) is 4.79 Å². The minimum atomic E-state index is -0.126. The minimum absolute atomic E-state index is 0.0821. The Bertz CT molecular complexity index is 308. The van der Waals surface area contributed by atoms with Crippen LogP contribution in [0.5, 0.6) is 0 Å². The smallest absolute Gasteiger partial charge is 0.306 e. The Morgan fingerprint density at radius 2 is 2.13 bits per heavy atom. The van der Waals surface area contributed by atoms with Crippen LogP contribution in [0.2, 0.25) is 0 Å². The van der Waals surface area contributed by atoms with Gasteiger partial charge in [-0.3, -0.25) is 9.79 Å². The highest BCUT2D eigenvalue weighted by Crippen LogP contribution is 2.29. The molecule has 1 rings (SSSR count). The predicted molar refractivity (Wildman–Crippen MR) is 60.8 cm³/mol. The molecule has 0 saturated heterocycles. The molecular formula is C12H19NO2. The molecular weight excluding hydrogens is 190 g/mol. The Morgan fingerprint density at radius 3 is 2.53 bits per heavy atom. The lowest BCUT2D eigenvalue weighted by molar-refractivity contribution is -0.143. The van der Waals surface area contributed by atoms with Gasteiger partial charge in [-0.1, -0.05) is 20.8 Å². The van der Waals surface area contributed by atoms with Crippen LogP contribution < -0.4 is 0 Å². The Morgan fingerprint density at radius 1 is 1.47 bits per heavy atom. The number of aliphatic imine (C=N–C) groups is 1. The minimum Gasteiger partial charge on any atom is -0.466 e. The van der Waals surface area contributed by atoms with E-state index in [1.807, 2.05) is 13.1 Å². The van der Waals surface area contributed by atoms with Gasteiger partial charge in [0.15, 0.2) is 0 Å². The van der Waals surface area contributed by atoms with Gasteiger partial charge in [-0.2, -0.15) is 0 Å². The summed E-state index contributed by atoms with van der Waals surface area (Å²) in [5.41, 5.74) is 2.39. The molecule has 84 valence electrons. The van der Waals surface area contributed by atoms with E-state index in [1.54, 1.807) is 0 Å². The molecule has 1 aliphatic heterocycles. The summed E-state index contributed by atoms with van der Waals surface area (Å²) in [5.74, 6) is -0.126. The fourth-order valence-corrected chi connectivity index (χ4v) is 1.55. The van der Waals surface area contributed by atoms with Gasteiger partial charge in [-0.15, -0.1) is 0 Å². The van der Waals surface area contributed by atoms with Crippen LogP contribution in [0.25, 0.3) is 0 Å². The van der Waals surface area contributed by atoms with E-state index in [4.69, 9.17) is 4.74 Å². The third kappa shape index (κ3) is 3.18. The quantitative estimate of drug-likeness (QED) is 0.668. The predicted octanol–water partition coefficient (Wildman–Crippen LogP) is 2.71. The number of esters is 1. The normalized spacial score (nSPS) is 15.2. The average molecular weight is 209 g/mol. The monoisotopic (exact) mass is 209 g/mol. The Labute approximate surface area is 91.2 Å². The molecule has 3 nitrogen and oxygen atoms in total. The molecule has 0 amide bonds. The summed E-state index contributed by atoms with van der Waals surface area (Å²) in [4.78, 5) is 15.4. The number of hydrogen-bond donors (Lipinski definition) is 0. The van der Waals surface area contributed by atoms with Crippen molar-refractivity contribution in [3.05, 3.63) is 11.8 Å². The first-order valence-electron chi connectivity index (χ1n) is 5.38. The van der Waals surface area contributed by atoms with Crippen molar-refractivity contribution in [2.45, 2.75) is 40.5 Å². The third-order valence-electron chi connectivity index (χ3n) is 2.27. The van der Waals surface area contributed by atoms with Crippen molar-refractivity contribution in [1.29, 1.82) is 0 Å². The lowest BCUT2D eigenvalue weighted by atomic mass is 9.82. The molecule has 0 N–H and O–H groups in total. The van der Waals surface area contributed by atoms with Crippen LogP contribution in [0.4, 0.5) is 0 Å². The summed E-state index contributed by atoms with van der Waals surface area (Å²) in [6.45, 7) is 8.66. The number of carbonyl (C=O) groups is 1. The van der Waals surface area contributed by atoms with Crippen LogP contribution in [0.15, 0.2) is 16.8 Å². The van der Waals surface area contributed by atoms with E-state index < -0.39 is 0 Å². The van der Waals surface area contributed by atoms with Crippen LogP contribution in [-0.2, 0) is 9.53 Å². The molecule has 0 bridgehead atoms. The fourth-order valence-electron chi connectivity index (χ4n) is 1.55. The molecule has 0 aromatic rings. The van der Waals surface area contributed by atoms with Gasteiger partial charge in [0.2, 0.25) is 0 Å². The second-order valence-electron chi connectivity index (χ2n) is 4.69. The van der Waals surface area contributed by atoms with Gasteiger partial charge in [0.25, 0.3) is 0 Å². The number of hydrogen-bond acceptors (Lipinski definition) is 3. The van der Waals surface area contributed by atoms with Crippen molar-refractivity contribution in [1.82, 2.24) is 0 Å². The molecule has 0 saturated carbocycles. The molecule has 0 radical (unpaired) electrons. The van der Waals surface area contributed by atoms with Crippen molar-refractivity contribution < 1.29 is 9.53 Å². The Kier molecular flexibility index (Phi) is 3.66. The van der Waals surface area contributed by atoms with E-state index >= 15 is 0 Å². The van der Waals surface area contributed by atoms with Gasteiger partial charge >= 0.3 is 5.97 Å². The van der Waals surface area contributed by atoms with E-state index in [2.05, 4.69) is 25.8 Å². The molecule has 3 heteroatoms. The third-order valence-corrected chi connectivity index (χ3v) is 2.27. The van der Waals surface area contributed by atoms with Crippen LogP contribution >= 0.6 is 0 Å². The summed E-state index contributed by atoms with van der Waals surface area (Å²) in [6.07, 6.45) is 3.05. The lowest BCUT2D eigenvalue weighted by Gasteiger charge is -2.27. The van der Waals surface area contributed by atoms with Crippen LogP contribution in [0.1, 0.15) is 40.5 Å². The molecule has 0 aromatic heterocycles. The molecule has 15 heavy (non-hydrogen) atoms. The first-order valence-corrected chi connectivity index (χ1v) is 5.38. The molecule has 1 aliphatic rings. The maximum Gasteiger partial charge on any atom is 0.306 e. The number of allylic oxidation sites excluding steroid dienone is 1. The Balaban J connectivity index is 2.34. The number of carbonyl (C=O) groups excluding carboxylic acids is 1. The Hall–Kier alpha value is -1.12. The molecule has 0 atom stereocenters. The van der Waals surface area contributed by atoms with Crippen molar-refractivity contribution in [2.24, 2.45) is 10.4 Å². The summed E-state index contributed by atoms with van der Waals surface area (Å²) in [7, 11) is 0. The molecule has 0 aliphatic carbocycles. The summed E-state index contributed by atoms with van der Waals surface area (Å²) in [6, 6.07) is 0. The fraction of sp³-hybridized carbons (Fsp3) is 0.667. The molecule has 0 aromatic carbocycles.